The lowest BCUT2D eigenvalue weighted by atomic mass is 9.94. The van der Waals surface area contributed by atoms with Crippen molar-refractivity contribution in [1.82, 2.24) is 15.1 Å². The molecule has 1 unspecified atom stereocenters. The summed E-state index contributed by atoms with van der Waals surface area (Å²) in [6.07, 6.45) is 8.05. The average Bonchev–Trinajstić information content (AvgIpc) is 3.21. The Labute approximate surface area is 200 Å². The number of ether oxygens (including phenoxy) is 1. The molecule has 1 aromatic carbocycles. The van der Waals surface area contributed by atoms with Gasteiger partial charge in [0.15, 0.2) is 5.96 Å². The maximum Gasteiger partial charge on any atom is 0.194 e. The Morgan fingerprint density at radius 3 is 2.60 bits per heavy atom. The van der Waals surface area contributed by atoms with Crippen molar-refractivity contribution in [2.24, 2.45) is 10.9 Å². The van der Waals surface area contributed by atoms with E-state index in [2.05, 4.69) is 53.4 Å². The van der Waals surface area contributed by atoms with Gasteiger partial charge in [-0.3, -0.25) is 4.90 Å². The molecule has 2 aliphatic rings. The molecule has 1 saturated heterocycles. The number of guanidine groups is 1. The van der Waals surface area contributed by atoms with Gasteiger partial charge in [0.2, 0.25) is 0 Å². The van der Waals surface area contributed by atoms with Gasteiger partial charge in [-0.25, -0.2) is 4.99 Å². The summed E-state index contributed by atoms with van der Waals surface area (Å²) in [6.45, 7) is 7.74. The molecule has 1 heterocycles. The zero-order chi connectivity index (χ0) is 20.5. The van der Waals surface area contributed by atoms with E-state index in [1.807, 2.05) is 0 Å². The Hall–Kier alpha value is -0.860. The van der Waals surface area contributed by atoms with E-state index in [9.17, 15) is 0 Å². The molecule has 0 spiro atoms. The number of methoxy groups -OCH3 is 1. The average molecular weight is 529 g/mol. The van der Waals surface area contributed by atoms with E-state index in [4.69, 9.17) is 9.73 Å². The topological polar surface area (TPSA) is 40.1 Å². The largest absolute Gasteiger partial charge is 0.384 e. The van der Waals surface area contributed by atoms with Gasteiger partial charge in [0, 0.05) is 45.2 Å². The molecule has 170 valence electrons. The van der Waals surface area contributed by atoms with Crippen LogP contribution in [0.15, 0.2) is 29.3 Å². The number of rotatable bonds is 8. The Balaban J connectivity index is 0.00000320. The maximum absolute atomic E-state index is 5.35. The summed E-state index contributed by atoms with van der Waals surface area (Å²) in [5, 5.41) is 3.49. The maximum atomic E-state index is 5.35. The summed E-state index contributed by atoms with van der Waals surface area (Å²) >= 11 is 0. The van der Waals surface area contributed by atoms with E-state index in [1.165, 1.54) is 49.7 Å². The van der Waals surface area contributed by atoms with Gasteiger partial charge in [0.25, 0.3) is 0 Å². The van der Waals surface area contributed by atoms with Gasteiger partial charge in [-0.15, -0.1) is 24.0 Å². The first-order chi connectivity index (χ1) is 14.2. The SMILES string of the molecule is CCNC(=NCc1ccccc1CN(C)C1CCCCC1)N1CCC(COC)C1.I. The molecule has 0 radical (unpaired) electrons. The summed E-state index contributed by atoms with van der Waals surface area (Å²) in [4.78, 5) is 9.96. The molecule has 2 fully saturated rings. The van der Waals surface area contributed by atoms with E-state index >= 15 is 0 Å². The van der Waals surface area contributed by atoms with Gasteiger partial charge in [-0.1, -0.05) is 43.5 Å². The second kappa shape index (κ2) is 13.5. The second-order valence-corrected chi connectivity index (χ2v) is 8.70. The zero-order valence-corrected chi connectivity index (χ0v) is 21.4. The molecule has 3 rings (SSSR count). The molecule has 0 bridgehead atoms. The van der Waals surface area contributed by atoms with Crippen LogP contribution < -0.4 is 5.32 Å². The molecule has 1 atom stereocenters. The highest BCUT2D eigenvalue weighted by molar-refractivity contribution is 14.0. The van der Waals surface area contributed by atoms with Gasteiger partial charge >= 0.3 is 0 Å². The molecule has 1 saturated carbocycles. The minimum atomic E-state index is 0. The minimum absolute atomic E-state index is 0. The summed E-state index contributed by atoms with van der Waals surface area (Å²) in [7, 11) is 4.09. The smallest absolute Gasteiger partial charge is 0.194 e. The summed E-state index contributed by atoms with van der Waals surface area (Å²) < 4.78 is 5.35. The van der Waals surface area contributed by atoms with Crippen molar-refractivity contribution in [2.75, 3.05) is 40.4 Å². The Morgan fingerprint density at radius 2 is 1.90 bits per heavy atom. The van der Waals surface area contributed by atoms with Crippen molar-refractivity contribution in [3.05, 3.63) is 35.4 Å². The zero-order valence-electron chi connectivity index (χ0n) is 19.1. The molecule has 1 aliphatic carbocycles. The van der Waals surface area contributed by atoms with Crippen molar-refractivity contribution in [3.8, 4) is 0 Å². The lowest BCUT2D eigenvalue weighted by Gasteiger charge is -2.31. The number of aliphatic imine (C=N–C) groups is 1. The number of benzene rings is 1. The fourth-order valence-electron chi connectivity index (χ4n) is 4.77. The van der Waals surface area contributed by atoms with E-state index in [0.717, 1.165) is 51.3 Å². The van der Waals surface area contributed by atoms with Gasteiger partial charge in [0.1, 0.15) is 0 Å². The van der Waals surface area contributed by atoms with Gasteiger partial charge in [0.05, 0.1) is 13.2 Å². The Kier molecular flexibility index (Phi) is 11.5. The number of hydrogen-bond donors (Lipinski definition) is 1. The van der Waals surface area contributed by atoms with E-state index in [-0.39, 0.29) is 24.0 Å². The summed E-state index contributed by atoms with van der Waals surface area (Å²) in [6, 6.07) is 9.57. The van der Waals surface area contributed by atoms with Gasteiger partial charge < -0.3 is 15.0 Å². The molecule has 0 aromatic heterocycles. The Morgan fingerprint density at radius 1 is 1.17 bits per heavy atom. The van der Waals surface area contributed by atoms with Crippen molar-refractivity contribution < 1.29 is 4.74 Å². The van der Waals surface area contributed by atoms with Crippen LogP contribution in [-0.2, 0) is 17.8 Å². The third kappa shape index (κ3) is 7.38. The molecular formula is C24H41IN4O. The van der Waals surface area contributed by atoms with Crippen LogP contribution in [0.5, 0.6) is 0 Å². The minimum Gasteiger partial charge on any atom is -0.384 e. The Bertz CT molecular complexity index is 648. The van der Waals surface area contributed by atoms with Crippen LogP contribution in [0.3, 0.4) is 0 Å². The van der Waals surface area contributed by atoms with Gasteiger partial charge in [-0.05, 0) is 44.4 Å². The molecule has 1 aliphatic heterocycles. The highest BCUT2D eigenvalue weighted by Crippen LogP contribution is 2.24. The first-order valence-electron chi connectivity index (χ1n) is 11.5. The molecule has 0 amide bonds. The molecular weight excluding hydrogens is 487 g/mol. The van der Waals surface area contributed by atoms with Crippen LogP contribution in [0.25, 0.3) is 0 Å². The normalized spacial score (nSPS) is 20.5. The number of halogens is 1. The van der Waals surface area contributed by atoms with E-state index in [1.54, 1.807) is 7.11 Å². The quantitative estimate of drug-likeness (QED) is 0.307. The fraction of sp³-hybridized carbons (Fsp3) is 0.708. The predicted octanol–water partition coefficient (Wildman–Crippen LogP) is 4.50. The van der Waals surface area contributed by atoms with E-state index in [0.29, 0.717) is 5.92 Å². The van der Waals surface area contributed by atoms with Crippen LogP contribution in [0, 0.1) is 5.92 Å². The third-order valence-electron chi connectivity index (χ3n) is 6.46. The van der Waals surface area contributed by atoms with Crippen LogP contribution in [0.2, 0.25) is 0 Å². The van der Waals surface area contributed by atoms with Crippen LogP contribution in [0.4, 0.5) is 0 Å². The summed E-state index contributed by atoms with van der Waals surface area (Å²) in [5.41, 5.74) is 2.76. The molecule has 5 nitrogen and oxygen atoms in total. The predicted molar refractivity (Wildman–Crippen MR) is 137 cm³/mol. The van der Waals surface area contributed by atoms with Crippen molar-refractivity contribution in [2.45, 2.75) is 64.6 Å². The van der Waals surface area contributed by atoms with Crippen LogP contribution in [-0.4, -0.2) is 62.2 Å². The van der Waals surface area contributed by atoms with Crippen molar-refractivity contribution in [3.63, 3.8) is 0 Å². The third-order valence-corrected chi connectivity index (χ3v) is 6.46. The first-order valence-corrected chi connectivity index (χ1v) is 11.5. The molecule has 1 aromatic rings. The molecule has 6 heteroatoms. The number of hydrogen-bond acceptors (Lipinski definition) is 3. The molecule has 30 heavy (non-hydrogen) atoms. The van der Waals surface area contributed by atoms with Crippen molar-refractivity contribution >= 4 is 29.9 Å². The van der Waals surface area contributed by atoms with Crippen molar-refractivity contribution in [1.29, 1.82) is 0 Å². The van der Waals surface area contributed by atoms with Gasteiger partial charge in [-0.2, -0.15) is 0 Å². The lowest BCUT2D eigenvalue weighted by Crippen LogP contribution is -2.40. The first kappa shape index (κ1) is 25.4. The van der Waals surface area contributed by atoms with Crippen LogP contribution >= 0.6 is 24.0 Å². The standard InChI is InChI=1S/C24H40N4O.HI/c1-4-25-24(28-15-14-20(17-28)19-29-3)26-16-21-10-8-9-11-22(21)18-27(2)23-12-6-5-7-13-23;/h8-11,20,23H,4-7,12-19H2,1-3H3,(H,25,26);1H. The second-order valence-electron chi connectivity index (χ2n) is 8.70. The molecule has 1 N–H and O–H groups in total. The van der Waals surface area contributed by atoms with Crippen LogP contribution in [0.1, 0.15) is 56.6 Å². The number of nitrogens with one attached hydrogen (secondary N) is 1. The fourth-order valence-corrected chi connectivity index (χ4v) is 4.77. The number of nitrogens with zero attached hydrogens (tertiary/aromatic N) is 3. The highest BCUT2D eigenvalue weighted by atomic mass is 127. The monoisotopic (exact) mass is 528 g/mol. The summed E-state index contributed by atoms with van der Waals surface area (Å²) in [5.74, 6) is 1.65. The highest BCUT2D eigenvalue weighted by Gasteiger charge is 2.25. The van der Waals surface area contributed by atoms with E-state index < -0.39 is 0 Å². The number of likely N-dealkylation sites (tertiary alicyclic amines) is 1. The lowest BCUT2D eigenvalue weighted by molar-refractivity contribution is 0.157.